The van der Waals surface area contributed by atoms with E-state index in [1.165, 1.54) is 4.88 Å². The summed E-state index contributed by atoms with van der Waals surface area (Å²) in [6.07, 6.45) is 0.555. The smallest absolute Gasteiger partial charge is 0.221 e. The second-order valence-electron chi connectivity index (χ2n) is 2.96. The van der Waals surface area contributed by atoms with Gasteiger partial charge in [0.25, 0.3) is 0 Å². The summed E-state index contributed by atoms with van der Waals surface area (Å²) >= 11 is 1.66. The van der Waals surface area contributed by atoms with Gasteiger partial charge in [-0.25, -0.2) is 0 Å². The molecular weight excluding hydrogens is 196 g/mol. The van der Waals surface area contributed by atoms with E-state index in [1.54, 1.807) is 11.3 Å². The number of carbonyl (C=O) groups is 1. The van der Waals surface area contributed by atoms with E-state index in [2.05, 4.69) is 10.6 Å². The highest BCUT2D eigenvalue weighted by atomic mass is 32.1. The fraction of sp³-hybridized carbons (Fsp3) is 0.500. The van der Waals surface area contributed by atoms with E-state index < -0.39 is 0 Å². The standard InChI is InChI=1S/C10H16N2OS/c1-2-11-6-5-10(13)12-8-9-4-3-7-14-9/h3-4,7,11H,2,5-6,8H2,1H3,(H,12,13). The predicted octanol–water partition coefficient (Wildman–Crippen LogP) is 1.36. The van der Waals surface area contributed by atoms with Crippen LogP contribution in [-0.2, 0) is 11.3 Å². The van der Waals surface area contributed by atoms with Crippen LogP contribution in [0.1, 0.15) is 18.2 Å². The van der Waals surface area contributed by atoms with Crippen molar-refractivity contribution in [2.45, 2.75) is 19.9 Å². The number of hydrogen-bond donors (Lipinski definition) is 2. The highest BCUT2D eigenvalue weighted by Crippen LogP contribution is 2.07. The molecule has 0 aromatic carbocycles. The van der Waals surface area contributed by atoms with Crippen molar-refractivity contribution in [2.24, 2.45) is 0 Å². The number of carbonyl (C=O) groups excluding carboxylic acids is 1. The average Bonchev–Trinajstić information content (AvgIpc) is 2.68. The molecule has 0 unspecified atom stereocenters. The van der Waals surface area contributed by atoms with Crippen LogP contribution < -0.4 is 10.6 Å². The second-order valence-corrected chi connectivity index (χ2v) is 3.99. The van der Waals surface area contributed by atoms with Gasteiger partial charge in [0.2, 0.25) is 5.91 Å². The van der Waals surface area contributed by atoms with E-state index in [4.69, 9.17) is 0 Å². The van der Waals surface area contributed by atoms with Crippen molar-refractivity contribution in [1.82, 2.24) is 10.6 Å². The number of amides is 1. The minimum atomic E-state index is 0.111. The zero-order valence-corrected chi connectivity index (χ0v) is 9.19. The van der Waals surface area contributed by atoms with E-state index in [0.29, 0.717) is 13.0 Å². The quantitative estimate of drug-likeness (QED) is 0.699. The van der Waals surface area contributed by atoms with Gasteiger partial charge in [0, 0.05) is 17.8 Å². The third-order valence-electron chi connectivity index (χ3n) is 1.82. The molecule has 78 valence electrons. The van der Waals surface area contributed by atoms with Gasteiger partial charge in [-0.2, -0.15) is 0 Å². The molecule has 1 aromatic heterocycles. The highest BCUT2D eigenvalue weighted by Gasteiger charge is 2.00. The lowest BCUT2D eigenvalue weighted by atomic mass is 10.4. The maximum atomic E-state index is 11.3. The Labute approximate surface area is 88.5 Å². The van der Waals surface area contributed by atoms with Crippen molar-refractivity contribution in [3.8, 4) is 0 Å². The fourth-order valence-corrected chi connectivity index (χ4v) is 1.71. The van der Waals surface area contributed by atoms with Crippen molar-refractivity contribution >= 4 is 17.2 Å². The Bertz CT molecular complexity index is 259. The molecule has 0 aliphatic heterocycles. The molecule has 1 rings (SSSR count). The lowest BCUT2D eigenvalue weighted by Gasteiger charge is -2.03. The minimum Gasteiger partial charge on any atom is -0.351 e. The van der Waals surface area contributed by atoms with E-state index in [1.807, 2.05) is 24.4 Å². The molecule has 0 aliphatic rings. The lowest BCUT2D eigenvalue weighted by molar-refractivity contribution is -0.121. The molecular formula is C10H16N2OS. The Kier molecular flexibility index (Phi) is 5.25. The molecule has 0 atom stereocenters. The van der Waals surface area contributed by atoms with Gasteiger partial charge in [-0.05, 0) is 18.0 Å². The Morgan fingerprint density at radius 2 is 2.43 bits per heavy atom. The van der Waals surface area contributed by atoms with Crippen molar-refractivity contribution in [1.29, 1.82) is 0 Å². The monoisotopic (exact) mass is 212 g/mol. The zero-order valence-electron chi connectivity index (χ0n) is 8.38. The van der Waals surface area contributed by atoms with Gasteiger partial charge in [-0.15, -0.1) is 11.3 Å². The van der Waals surface area contributed by atoms with Crippen LogP contribution in [-0.4, -0.2) is 19.0 Å². The van der Waals surface area contributed by atoms with Gasteiger partial charge in [0.05, 0.1) is 6.54 Å². The summed E-state index contributed by atoms with van der Waals surface area (Å²) in [4.78, 5) is 12.5. The molecule has 1 heterocycles. The summed E-state index contributed by atoms with van der Waals surface area (Å²) < 4.78 is 0. The van der Waals surface area contributed by atoms with Crippen LogP contribution in [0.2, 0.25) is 0 Å². The van der Waals surface area contributed by atoms with E-state index in [-0.39, 0.29) is 5.91 Å². The van der Waals surface area contributed by atoms with Gasteiger partial charge < -0.3 is 10.6 Å². The van der Waals surface area contributed by atoms with E-state index in [9.17, 15) is 4.79 Å². The van der Waals surface area contributed by atoms with Crippen molar-refractivity contribution in [3.05, 3.63) is 22.4 Å². The van der Waals surface area contributed by atoms with Crippen molar-refractivity contribution in [2.75, 3.05) is 13.1 Å². The predicted molar refractivity (Wildman–Crippen MR) is 59.3 cm³/mol. The van der Waals surface area contributed by atoms with Crippen LogP contribution in [0.4, 0.5) is 0 Å². The maximum Gasteiger partial charge on any atom is 0.221 e. The normalized spacial score (nSPS) is 10.1. The molecule has 1 aromatic rings. The largest absolute Gasteiger partial charge is 0.351 e. The van der Waals surface area contributed by atoms with Crippen LogP contribution in [0.3, 0.4) is 0 Å². The first kappa shape index (κ1) is 11.2. The lowest BCUT2D eigenvalue weighted by Crippen LogP contribution is -2.26. The molecule has 0 aliphatic carbocycles. The first-order valence-electron chi connectivity index (χ1n) is 4.82. The third-order valence-corrected chi connectivity index (χ3v) is 2.70. The maximum absolute atomic E-state index is 11.3. The van der Waals surface area contributed by atoms with Crippen LogP contribution in [0.25, 0.3) is 0 Å². The highest BCUT2D eigenvalue weighted by molar-refractivity contribution is 7.09. The Morgan fingerprint density at radius 3 is 3.07 bits per heavy atom. The molecule has 3 nitrogen and oxygen atoms in total. The summed E-state index contributed by atoms with van der Waals surface area (Å²) in [5, 5.41) is 8.00. The number of rotatable bonds is 6. The molecule has 14 heavy (non-hydrogen) atoms. The number of hydrogen-bond acceptors (Lipinski definition) is 3. The molecule has 0 saturated carbocycles. The van der Waals surface area contributed by atoms with Crippen LogP contribution in [0, 0.1) is 0 Å². The summed E-state index contributed by atoms with van der Waals surface area (Å²) in [7, 11) is 0. The molecule has 0 radical (unpaired) electrons. The number of nitrogens with one attached hydrogen (secondary N) is 2. The fourth-order valence-electron chi connectivity index (χ4n) is 1.07. The molecule has 0 fully saturated rings. The Balaban J connectivity index is 2.09. The number of thiophene rings is 1. The SMILES string of the molecule is CCNCCC(=O)NCc1cccs1. The van der Waals surface area contributed by atoms with Crippen LogP contribution in [0.5, 0.6) is 0 Å². The average molecular weight is 212 g/mol. The molecule has 4 heteroatoms. The van der Waals surface area contributed by atoms with Crippen molar-refractivity contribution < 1.29 is 4.79 Å². The first-order chi connectivity index (χ1) is 6.83. The molecule has 1 amide bonds. The van der Waals surface area contributed by atoms with Crippen molar-refractivity contribution in [3.63, 3.8) is 0 Å². The van der Waals surface area contributed by atoms with Crippen LogP contribution in [0.15, 0.2) is 17.5 Å². The molecule has 0 saturated heterocycles. The molecule has 0 spiro atoms. The molecule has 0 bridgehead atoms. The third kappa shape index (κ3) is 4.39. The van der Waals surface area contributed by atoms with Gasteiger partial charge >= 0.3 is 0 Å². The van der Waals surface area contributed by atoms with E-state index in [0.717, 1.165) is 13.1 Å². The minimum absolute atomic E-state index is 0.111. The van der Waals surface area contributed by atoms with E-state index >= 15 is 0 Å². The summed E-state index contributed by atoms with van der Waals surface area (Å²) in [6.45, 7) is 4.36. The second kappa shape index (κ2) is 6.56. The first-order valence-corrected chi connectivity index (χ1v) is 5.70. The summed E-state index contributed by atoms with van der Waals surface area (Å²) in [5.41, 5.74) is 0. The molecule has 2 N–H and O–H groups in total. The Hall–Kier alpha value is -0.870. The summed E-state index contributed by atoms with van der Waals surface area (Å²) in [5.74, 6) is 0.111. The van der Waals surface area contributed by atoms with Crippen LogP contribution >= 0.6 is 11.3 Å². The van der Waals surface area contributed by atoms with Gasteiger partial charge in [-0.3, -0.25) is 4.79 Å². The topological polar surface area (TPSA) is 41.1 Å². The van der Waals surface area contributed by atoms with Gasteiger partial charge in [0.1, 0.15) is 0 Å². The zero-order chi connectivity index (χ0) is 10.2. The Morgan fingerprint density at radius 1 is 1.57 bits per heavy atom. The van der Waals surface area contributed by atoms with Gasteiger partial charge in [0.15, 0.2) is 0 Å². The summed E-state index contributed by atoms with van der Waals surface area (Å²) in [6, 6.07) is 4.01. The van der Waals surface area contributed by atoms with Gasteiger partial charge in [-0.1, -0.05) is 13.0 Å².